The van der Waals surface area contributed by atoms with Crippen molar-refractivity contribution in [3.63, 3.8) is 0 Å². The summed E-state index contributed by atoms with van der Waals surface area (Å²) >= 11 is 6.28. The molecule has 0 spiro atoms. The Bertz CT molecular complexity index is 674. The van der Waals surface area contributed by atoms with Gasteiger partial charge >= 0.3 is 0 Å². The van der Waals surface area contributed by atoms with Crippen molar-refractivity contribution in [2.75, 3.05) is 0 Å². The normalized spacial score (nSPS) is 19.7. The van der Waals surface area contributed by atoms with Gasteiger partial charge in [-0.2, -0.15) is 0 Å². The molecule has 0 saturated carbocycles. The van der Waals surface area contributed by atoms with Crippen molar-refractivity contribution in [3.05, 3.63) is 17.3 Å². The first-order valence-corrected chi connectivity index (χ1v) is 6.63. The fraction of sp³-hybridized carbons (Fsp3) is 0.500. The van der Waals surface area contributed by atoms with E-state index in [0.29, 0.717) is 16.7 Å². The van der Waals surface area contributed by atoms with Crippen LogP contribution >= 0.6 is 11.6 Å². The minimum atomic E-state index is -0.451. The maximum absolute atomic E-state index is 6.28. The predicted molar refractivity (Wildman–Crippen MR) is 75.1 cm³/mol. The molecule has 2 aromatic heterocycles. The molecule has 1 aliphatic heterocycles. The Morgan fingerprint density at radius 1 is 1.16 bits per heavy atom. The average molecular weight is 281 g/mol. The van der Waals surface area contributed by atoms with Crippen LogP contribution in [-0.4, -0.2) is 20.8 Å². The van der Waals surface area contributed by atoms with Crippen LogP contribution < -0.4 is 9.47 Å². The average Bonchev–Trinajstić information content (AvgIpc) is 2.54. The van der Waals surface area contributed by atoms with E-state index in [1.807, 2.05) is 39.3 Å². The van der Waals surface area contributed by atoms with Crippen LogP contribution in [0.5, 0.6) is 11.6 Å². The van der Waals surface area contributed by atoms with Crippen LogP contribution in [0.1, 0.15) is 27.7 Å². The van der Waals surface area contributed by atoms with Gasteiger partial charge in [-0.1, -0.05) is 11.6 Å². The molecule has 4 nitrogen and oxygen atoms in total. The zero-order valence-corrected chi connectivity index (χ0v) is 12.5. The molecule has 0 aromatic carbocycles. The molecule has 0 fully saturated rings. The molecule has 0 saturated heterocycles. The molecule has 3 heterocycles. The molecule has 0 unspecified atom stereocenters. The Balaban J connectivity index is 2.35. The maximum Gasteiger partial charge on any atom is 0.240 e. The number of ether oxygens (including phenoxy) is 2. The molecule has 3 rings (SSSR count). The van der Waals surface area contributed by atoms with Crippen molar-refractivity contribution in [3.8, 4) is 11.6 Å². The van der Waals surface area contributed by atoms with E-state index in [4.69, 9.17) is 21.1 Å². The lowest BCUT2D eigenvalue weighted by Crippen LogP contribution is -2.56. The molecule has 2 aromatic rings. The molecule has 19 heavy (non-hydrogen) atoms. The molecular formula is C14H17ClN2O2. The molecule has 102 valence electrons. The summed E-state index contributed by atoms with van der Waals surface area (Å²) in [5, 5.41) is 1.44. The van der Waals surface area contributed by atoms with E-state index >= 15 is 0 Å². The van der Waals surface area contributed by atoms with Crippen LogP contribution in [0.2, 0.25) is 5.02 Å². The van der Waals surface area contributed by atoms with Gasteiger partial charge in [-0.15, -0.1) is 0 Å². The van der Waals surface area contributed by atoms with E-state index in [1.54, 1.807) is 12.3 Å². The Hall–Kier alpha value is -1.42. The van der Waals surface area contributed by atoms with Crippen molar-refractivity contribution in [1.29, 1.82) is 0 Å². The summed E-state index contributed by atoms with van der Waals surface area (Å²) in [6.07, 6.45) is 1.69. The van der Waals surface area contributed by atoms with Crippen molar-refractivity contribution in [2.24, 2.45) is 7.05 Å². The minimum Gasteiger partial charge on any atom is -0.477 e. The zero-order valence-electron chi connectivity index (χ0n) is 11.7. The highest BCUT2D eigenvalue weighted by molar-refractivity contribution is 6.36. The Kier molecular flexibility index (Phi) is 2.37. The fourth-order valence-corrected chi connectivity index (χ4v) is 2.43. The summed E-state index contributed by atoms with van der Waals surface area (Å²) in [6.45, 7) is 8.06. The SMILES string of the molecule is Cn1c2c(c3c(Cl)ccnc31)OC(C)(C)C(C)(C)O2. The van der Waals surface area contributed by atoms with Crippen LogP contribution in [0.15, 0.2) is 12.3 Å². The van der Waals surface area contributed by atoms with Crippen LogP contribution in [0.4, 0.5) is 0 Å². The number of pyridine rings is 1. The molecular weight excluding hydrogens is 264 g/mol. The minimum absolute atomic E-state index is 0.436. The molecule has 0 amide bonds. The number of rotatable bonds is 0. The number of halogens is 1. The molecule has 0 N–H and O–H groups in total. The third-order valence-corrected chi connectivity index (χ3v) is 4.40. The van der Waals surface area contributed by atoms with Gasteiger partial charge < -0.3 is 9.47 Å². The molecule has 0 bridgehead atoms. The third kappa shape index (κ3) is 1.56. The fourth-order valence-electron chi connectivity index (χ4n) is 2.20. The van der Waals surface area contributed by atoms with Gasteiger partial charge in [0.05, 0.1) is 10.4 Å². The second-order valence-electron chi connectivity index (χ2n) is 5.91. The van der Waals surface area contributed by atoms with Gasteiger partial charge in [0.25, 0.3) is 0 Å². The lowest BCUT2D eigenvalue weighted by molar-refractivity contribution is -0.102. The summed E-state index contributed by atoms with van der Waals surface area (Å²) in [4.78, 5) is 4.36. The van der Waals surface area contributed by atoms with Crippen molar-refractivity contribution < 1.29 is 9.47 Å². The first-order valence-electron chi connectivity index (χ1n) is 6.25. The van der Waals surface area contributed by atoms with Crippen LogP contribution in [0.25, 0.3) is 11.0 Å². The summed E-state index contributed by atoms with van der Waals surface area (Å²) < 4.78 is 14.2. The molecule has 0 aliphatic carbocycles. The highest BCUT2D eigenvalue weighted by Gasteiger charge is 2.48. The van der Waals surface area contributed by atoms with Gasteiger partial charge in [0.1, 0.15) is 16.8 Å². The molecule has 0 atom stereocenters. The predicted octanol–water partition coefficient (Wildman–Crippen LogP) is 3.56. The molecule has 1 aliphatic rings. The monoisotopic (exact) mass is 280 g/mol. The van der Waals surface area contributed by atoms with Crippen molar-refractivity contribution in [2.45, 2.75) is 38.9 Å². The van der Waals surface area contributed by atoms with E-state index in [2.05, 4.69) is 4.98 Å². The Morgan fingerprint density at radius 2 is 1.79 bits per heavy atom. The number of aromatic nitrogens is 2. The summed E-state index contributed by atoms with van der Waals surface area (Å²) in [6, 6.07) is 1.76. The van der Waals surface area contributed by atoms with E-state index < -0.39 is 11.2 Å². The highest BCUT2D eigenvalue weighted by Crippen LogP contribution is 2.49. The first-order chi connectivity index (χ1) is 8.74. The van der Waals surface area contributed by atoms with Crippen LogP contribution in [-0.2, 0) is 7.05 Å². The van der Waals surface area contributed by atoms with Crippen molar-refractivity contribution >= 4 is 22.6 Å². The van der Waals surface area contributed by atoms with Gasteiger partial charge in [0, 0.05) is 13.2 Å². The number of fused-ring (bicyclic) bond motifs is 3. The second-order valence-corrected chi connectivity index (χ2v) is 6.32. The van der Waals surface area contributed by atoms with Gasteiger partial charge in [-0.25, -0.2) is 4.98 Å². The summed E-state index contributed by atoms with van der Waals surface area (Å²) in [5.74, 6) is 1.36. The standard InChI is InChI=1S/C14H17ClN2O2/c1-13(2)14(3,4)19-12-10(18-13)9-8(15)6-7-16-11(9)17(12)5/h6-7H,1-5H3. The molecule has 5 heteroatoms. The van der Waals surface area contributed by atoms with Gasteiger partial charge in [-0.05, 0) is 33.8 Å². The molecule has 0 radical (unpaired) electrons. The lowest BCUT2D eigenvalue weighted by atomic mass is 9.88. The van der Waals surface area contributed by atoms with E-state index in [9.17, 15) is 0 Å². The van der Waals surface area contributed by atoms with Gasteiger partial charge in [0.15, 0.2) is 5.75 Å². The number of aryl methyl sites for hydroxylation is 1. The Morgan fingerprint density at radius 3 is 2.47 bits per heavy atom. The van der Waals surface area contributed by atoms with E-state index in [-0.39, 0.29) is 0 Å². The van der Waals surface area contributed by atoms with Gasteiger partial charge in [-0.3, -0.25) is 4.57 Å². The quantitative estimate of drug-likeness (QED) is 0.740. The number of nitrogens with zero attached hydrogens (tertiary/aromatic N) is 2. The Labute approximate surface area is 117 Å². The zero-order chi connectivity index (χ0) is 14.0. The van der Waals surface area contributed by atoms with Crippen molar-refractivity contribution in [1.82, 2.24) is 9.55 Å². The topological polar surface area (TPSA) is 36.3 Å². The van der Waals surface area contributed by atoms with E-state index in [1.165, 1.54) is 0 Å². The maximum atomic E-state index is 6.28. The highest BCUT2D eigenvalue weighted by atomic mass is 35.5. The second kappa shape index (κ2) is 3.57. The summed E-state index contributed by atoms with van der Waals surface area (Å²) in [5.41, 5.74) is -0.117. The first kappa shape index (κ1) is 12.6. The van der Waals surface area contributed by atoms with Crippen LogP contribution in [0.3, 0.4) is 0 Å². The lowest BCUT2D eigenvalue weighted by Gasteiger charge is -2.44. The van der Waals surface area contributed by atoms with E-state index in [0.717, 1.165) is 11.0 Å². The van der Waals surface area contributed by atoms with Crippen LogP contribution in [0, 0.1) is 0 Å². The third-order valence-electron chi connectivity index (χ3n) is 4.08. The van der Waals surface area contributed by atoms with Gasteiger partial charge in [0.2, 0.25) is 5.88 Å². The smallest absolute Gasteiger partial charge is 0.240 e. The number of hydrogen-bond donors (Lipinski definition) is 0. The summed E-state index contributed by atoms with van der Waals surface area (Å²) in [7, 11) is 1.91. The number of hydrogen-bond acceptors (Lipinski definition) is 3. The largest absolute Gasteiger partial charge is 0.477 e.